The van der Waals surface area contributed by atoms with Crippen LogP contribution in [0.25, 0.3) is 0 Å². The van der Waals surface area contributed by atoms with Crippen LogP contribution in [0.4, 0.5) is 0 Å². The van der Waals surface area contributed by atoms with E-state index in [-0.39, 0.29) is 23.5 Å². The van der Waals surface area contributed by atoms with E-state index in [2.05, 4.69) is 4.98 Å². The number of carbonyl (C=O) groups is 1. The summed E-state index contributed by atoms with van der Waals surface area (Å²) >= 11 is 5.83. The van der Waals surface area contributed by atoms with E-state index in [9.17, 15) is 14.7 Å². The number of amides is 1. The monoisotopic (exact) mass is 360 g/mol. The first-order valence-corrected chi connectivity index (χ1v) is 8.42. The van der Waals surface area contributed by atoms with Gasteiger partial charge in [0.2, 0.25) is 0 Å². The molecule has 3 heterocycles. The van der Waals surface area contributed by atoms with Crippen molar-refractivity contribution in [1.82, 2.24) is 9.88 Å². The van der Waals surface area contributed by atoms with E-state index in [1.165, 1.54) is 12.3 Å². The molecule has 25 heavy (non-hydrogen) atoms. The Morgan fingerprint density at radius 3 is 3.00 bits per heavy atom. The summed E-state index contributed by atoms with van der Waals surface area (Å²) in [6, 6.07) is 9.10. The van der Waals surface area contributed by atoms with Crippen LogP contribution in [0.5, 0.6) is 5.75 Å². The molecule has 1 aromatic heterocycles. The summed E-state index contributed by atoms with van der Waals surface area (Å²) in [5, 5.41) is 10.0. The molecule has 0 bridgehead atoms. The first-order valence-electron chi connectivity index (χ1n) is 8.04. The lowest BCUT2D eigenvalue weighted by atomic mass is 9.74. The van der Waals surface area contributed by atoms with Crippen LogP contribution in [0, 0.1) is 5.41 Å². The van der Waals surface area contributed by atoms with Gasteiger partial charge in [-0.15, -0.1) is 0 Å². The van der Waals surface area contributed by atoms with Gasteiger partial charge in [-0.3, -0.25) is 9.59 Å². The topological polar surface area (TPSA) is 82.6 Å². The van der Waals surface area contributed by atoms with Crippen molar-refractivity contribution in [2.45, 2.75) is 5.92 Å². The normalized spacial score (nSPS) is 24.4. The van der Waals surface area contributed by atoms with Gasteiger partial charge in [0.05, 0.1) is 24.2 Å². The number of aliphatic hydroxyl groups excluding tert-OH is 1. The van der Waals surface area contributed by atoms with Crippen molar-refractivity contribution in [3.63, 3.8) is 0 Å². The van der Waals surface area contributed by atoms with Crippen LogP contribution < -0.4 is 10.3 Å². The average molecular weight is 361 g/mol. The Morgan fingerprint density at radius 1 is 1.44 bits per heavy atom. The number of H-pyrrole nitrogens is 1. The minimum Gasteiger partial charge on any atom is -0.493 e. The van der Waals surface area contributed by atoms with Gasteiger partial charge in [0.1, 0.15) is 10.8 Å². The van der Waals surface area contributed by atoms with Gasteiger partial charge in [-0.05, 0) is 17.7 Å². The summed E-state index contributed by atoms with van der Waals surface area (Å²) in [4.78, 5) is 28.4. The van der Waals surface area contributed by atoms with Crippen LogP contribution in [0.1, 0.15) is 21.8 Å². The van der Waals surface area contributed by atoms with Gasteiger partial charge in [-0.2, -0.15) is 0 Å². The highest BCUT2D eigenvalue weighted by atomic mass is 35.5. The molecule has 2 N–H and O–H groups in total. The molecular formula is C18H17ClN2O4. The van der Waals surface area contributed by atoms with Gasteiger partial charge >= 0.3 is 0 Å². The molecular weight excluding hydrogens is 344 g/mol. The fourth-order valence-electron chi connectivity index (χ4n) is 3.79. The van der Waals surface area contributed by atoms with Gasteiger partial charge < -0.3 is 19.7 Å². The van der Waals surface area contributed by atoms with E-state index < -0.39 is 11.0 Å². The van der Waals surface area contributed by atoms with Gasteiger partial charge in [0.25, 0.3) is 11.5 Å². The number of fused-ring (bicyclic) bond motifs is 3. The molecule has 2 aliphatic rings. The minimum absolute atomic E-state index is 0.00429. The van der Waals surface area contributed by atoms with Crippen molar-refractivity contribution in [2.75, 3.05) is 26.3 Å². The van der Waals surface area contributed by atoms with E-state index in [1.54, 1.807) is 4.90 Å². The summed E-state index contributed by atoms with van der Waals surface area (Å²) < 4.78 is 5.83. The number of benzene rings is 1. The zero-order valence-electron chi connectivity index (χ0n) is 13.4. The summed E-state index contributed by atoms with van der Waals surface area (Å²) in [7, 11) is 0. The number of aromatic nitrogens is 1. The molecule has 6 nitrogen and oxygen atoms in total. The number of rotatable bonds is 2. The molecule has 0 spiro atoms. The third-order valence-corrected chi connectivity index (χ3v) is 5.45. The van der Waals surface area contributed by atoms with Crippen molar-refractivity contribution in [3.05, 3.63) is 63.0 Å². The Balaban J connectivity index is 1.67. The third-order valence-electron chi connectivity index (χ3n) is 5.16. The van der Waals surface area contributed by atoms with E-state index >= 15 is 0 Å². The Morgan fingerprint density at radius 2 is 2.24 bits per heavy atom. The van der Waals surface area contributed by atoms with Crippen LogP contribution in [-0.2, 0) is 0 Å². The smallest absolute Gasteiger partial charge is 0.266 e. The molecule has 4 rings (SSSR count). The molecule has 7 heteroatoms. The van der Waals surface area contributed by atoms with E-state index in [1.807, 2.05) is 24.3 Å². The number of pyridine rings is 1. The maximum atomic E-state index is 12.8. The predicted octanol–water partition coefficient (Wildman–Crippen LogP) is 1.64. The summed E-state index contributed by atoms with van der Waals surface area (Å²) in [5.41, 5.74) is 0.390. The molecule has 2 atom stereocenters. The molecule has 1 aromatic carbocycles. The number of hydrogen-bond donors (Lipinski definition) is 2. The first-order chi connectivity index (χ1) is 12.0. The number of ether oxygens (including phenoxy) is 1. The molecule has 0 radical (unpaired) electrons. The number of carbonyl (C=O) groups excluding carboxylic acids is 1. The highest BCUT2D eigenvalue weighted by molar-refractivity contribution is 6.30. The van der Waals surface area contributed by atoms with E-state index in [0.717, 1.165) is 11.3 Å². The average Bonchev–Trinajstić information content (AvgIpc) is 3.04. The fourth-order valence-corrected chi connectivity index (χ4v) is 3.96. The Labute approximate surface area is 149 Å². The van der Waals surface area contributed by atoms with Gasteiger partial charge in [0, 0.05) is 25.2 Å². The second kappa shape index (κ2) is 5.89. The number of nitrogens with one attached hydrogen (secondary N) is 1. The lowest BCUT2D eigenvalue weighted by Crippen LogP contribution is -2.42. The predicted molar refractivity (Wildman–Crippen MR) is 92.2 cm³/mol. The highest BCUT2D eigenvalue weighted by Gasteiger charge is 2.52. The second-order valence-electron chi connectivity index (χ2n) is 6.65. The molecule has 2 aromatic rings. The Kier molecular flexibility index (Phi) is 3.81. The zero-order chi connectivity index (χ0) is 17.6. The molecule has 2 aliphatic heterocycles. The molecule has 0 saturated carbocycles. The quantitative estimate of drug-likeness (QED) is 0.853. The number of aromatic amines is 1. The standard InChI is InChI=1S/C18H17ClN2O4/c19-14-5-11(6-20-16(14)23)17(24)21-7-13-12-3-1-2-4-15(12)25-10-18(13,8-21)9-22/h1-6,13,22H,7-10H2,(H,20,23)/t13-,18-/m0/s1. The third kappa shape index (κ3) is 2.53. The lowest BCUT2D eigenvalue weighted by Gasteiger charge is -2.37. The van der Waals surface area contributed by atoms with Crippen LogP contribution in [-0.4, -0.2) is 47.2 Å². The Bertz CT molecular complexity index is 897. The van der Waals surface area contributed by atoms with Gasteiger partial charge in [-0.25, -0.2) is 0 Å². The number of hydrogen-bond acceptors (Lipinski definition) is 4. The van der Waals surface area contributed by atoms with Crippen LogP contribution >= 0.6 is 11.6 Å². The van der Waals surface area contributed by atoms with Crippen LogP contribution in [0.2, 0.25) is 5.02 Å². The summed E-state index contributed by atoms with van der Waals surface area (Å²) in [5.74, 6) is 0.584. The molecule has 1 saturated heterocycles. The zero-order valence-corrected chi connectivity index (χ0v) is 14.1. The van der Waals surface area contributed by atoms with Crippen LogP contribution in [0.15, 0.2) is 41.3 Å². The summed E-state index contributed by atoms with van der Waals surface area (Å²) in [6.07, 6.45) is 1.37. The highest BCUT2D eigenvalue weighted by Crippen LogP contribution is 2.49. The van der Waals surface area contributed by atoms with Crippen LogP contribution in [0.3, 0.4) is 0 Å². The van der Waals surface area contributed by atoms with Crippen molar-refractivity contribution >= 4 is 17.5 Å². The van der Waals surface area contributed by atoms with Crippen molar-refractivity contribution in [2.24, 2.45) is 5.41 Å². The number of halogens is 1. The van der Waals surface area contributed by atoms with Crippen molar-refractivity contribution in [3.8, 4) is 5.75 Å². The van der Waals surface area contributed by atoms with Crippen molar-refractivity contribution in [1.29, 1.82) is 0 Å². The largest absolute Gasteiger partial charge is 0.493 e. The lowest BCUT2D eigenvalue weighted by molar-refractivity contribution is 0.0440. The number of aliphatic hydroxyl groups is 1. The van der Waals surface area contributed by atoms with Gasteiger partial charge in [0.15, 0.2) is 0 Å². The molecule has 1 amide bonds. The van der Waals surface area contributed by atoms with E-state index in [4.69, 9.17) is 16.3 Å². The number of para-hydroxylation sites is 1. The Hall–Kier alpha value is -2.31. The minimum atomic E-state index is -0.518. The number of nitrogens with zero attached hydrogens (tertiary/aromatic N) is 1. The molecule has 0 aliphatic carbocycles. The van der Waals surface area contributed by atoms with Crippen molar-refractivity contribution < 1.29 is 14.6 Å². The van der Waals surface area contributed by atoms with Gasteiger partial charge in [-0.1, -0.05) is 29.8 Å². The first kappa shape index (κ1) is 16.2. The molecule has 130 valence electrons. The molecule has 1 fully saturated rings. The second-order valence-corrected chi connectivity index (χ2v) is 7.06. The maximum Gasteiger partial charge on any atom is 0.266 e. The number of likely N-dealkylation sites (tertiary alicyclic amines) is 1. The van der Waals surface area contributed by atoms with E-state index in [0.29, 0.717) is 25.3 Å². The maximum absolute atomic E-state index is 12.8. The summed E-state index contributed by atoms with van der Waals surface area (Å²) in [6.45, 7) is 1.16. The molecule has 0 unspecified atom stereocenters. The fraction of sp³-hybridized carbons (Fsp3) is 0.333. The SMILES string of the molecule is O=C(c1c[nH]c(=O)c(Cl)c1)N1C[C@H]2c3ccccc3OC[C@@]2(CO)C1.